The number of benzene rings is 1. The van der Waals surface area contributed by atoms with Crippen molar-refractivity contribution in [2.24, 2.45) is 5.73 Å². The molecule has 0 aliphatic carbocycles. The molecule has 92 valence electrons. The van der Waals surface area contributed by atoms with Crippen molar-refractivity contribution in [2.45, 2.75) is 4.90 Å². The molecule has 0 radical (unpaired) electrons. The van der Waals surface area contributed by atoms with Crippen LogP contribution in [0, 0.1) is 10.1 Å². The predicted octanol–water partition coefficient (Wildman–Crippen LogP) is 1.03. The summed E-state index contributed by atoms with van der Waals surface area (Å²) in [6.07, 6.45) is -1.54. The Labute approximate surface area is 100 Å². The molecule has 0 saturated heterocycles. The number of carbonyl (C=O) groups excluding carboxylic acids is 1. The van der Waals surface area contributed by atoms with Crippen molar-refractivity contribution in [3.8, 4) is 0 Å². The maximum absolute atomic E-state index is 11.3. The van der Waals surface area contributed by atoms with Crippen LogP contribution in [0.1, 0.15) is 0 Å². The number of amides is 1. The third kappa shape index (κ3) is 3.04. The molecule has 0 aliphatic rings. The van der Waals surface area contributed by atoms with Gasteiger partial charge < -0.3 is 9.92 Å². The van der Waals surface area contributed by atoms with Gasteiger partial charge in [0.1, 0.15) is 9.92 Å². The van der Waals surface area contributed by atoms with Crippen molar-refractivity contribution in [1.82, 2.24) is 0 Å². The van der Waals surface area contributed by atoms with Crippen LogP contribution in [0.5, 0.6) is 0 Å². The van der Waals surface area contributed by atoms with Gasteiger partial charge in [-0.2, -0.15) is 8.42 Å². The van der Waals surface area contributed by atoms with Crippen LogP contribution in [0.15, 0.2) is 23.1 Å². The van der Waals surface area contributed by atoms with Gasteiger partial charge in [0.15, 0.2) is 0 Å². The van der Waals surface area contributed by atoms with E-state index >= 15 is 0 Å². The van der Waals surface area contributed by atoms with Crippen molar-refractivity contribution < 1.29 is 22.3 Å². The second kappa shape index (κ2) is 4.55. The molecule has 0 bridgehead atoms. The molecule has 10 heteroatoms. The zero-order valence-electron chi connectivity index (χ0n) is 7.99. The minimum atomic E-state index is -4.47. The van der Waals surface area contributed by atoms with Crippen LogP contribution >= 0.6 is 11.6 Å². The highest BCUT2D eigenvalue weighted by atomic mass is 35.5. The zero-order chi connectivity index (χ0) is 13.2. The van der Waals surface area contributed by atoms with Gasteiger partial charge in [-0.05, 0) is 12.1 Å². The fraction of sp³-hybridized carbons (Fsp3) is 0. The normalized spacial score (nSPS) is 10.9. The molecule has 0 saturated carbocycles. The molecule has 8 nitrogen and oxygen atoms in total. The van der Waals surface area contributed by atoms with Crippen LogP contribution in [-0.2, 0) is 14.3 Å². The fourth-order valence-corrected chi connectivity index (χ4v) is 1.93. The number of nitrogens with zero attached hydrogens (tertiary/aromatic N) is 1. The van der Waals surface area contributed by atoms with Gasteiger partial charge in [0.05, 0.1) is 4.92 Å². The van der Waals surface area contributed by atoms with Gasteiger partial charge >= 0.3 is 16.2 Å². The lowest BCUT2D eigenvalue weighted by Crippen LogP contribution is -2.18. The summed E-state index contributed by atoms with van der Waals surface area (Å²) in [6.45, 7) is 0. The number of carbonyl (C=O) groups is 1. The molecular formula is C7H5ClN2O6S. The zero-order valence-corrected chi connectivity index (χ0v) is 9.56. The van der Waals surface area contributed by atoms with Gasteiger partial charge in [0.2, 0.25) is 0 Å². The number of hydrogen-bond acceptors (Lipinski definition) is 6. The Morgan fingerprint density at radius 2 is 2.06 bits per heavy atom. The molecule has 1 aromatic rings. The minimum Gasteiger partial charge on any atom is -0.334 e. The molecule has 2 N–H and O–H groups in total. The van der Waals surface area contributed by atoms with Gasteiger partial charge in [-0.3, -0.25) is 10.1 Å². The van der Waals surface area contributed by atoms with Gasteiger partial charge in [-0.1, -0.05) is 11.6 Å². The molecule has 1 aromatic carbocycles. The maximum atomic E-state index is 11.3. The second-order valence-corrected chi connectivity index (χ2v) is 4.68. The molecule has 0 heterocycles. The Kier molecular flexibility index (Phi) is 3.53. The Hall–Kier alpha value is -1.87. The molecule has 0 fully saturated rings. The van der Waals surface area contributed by atoms with Crippen LogP contribution in [-0.4, -0.2) is 19.4 Å². The number of nitro groups is 1. The van der Waals surface area contributed by atoms with Gasteiger partial charge in [0.25, 0.3) is 5.69 Å². The van der Waals surface area contributed by atoms with Crippen molar-refractivity contribution >= 4 is 33.5 Å². The second-order valence-electron chi connectivity index (χ2n) is 2.73. The molecule has 1 amide bonds. The van der Waals surface area contributed by atoms with E-state index in [0.717, 1.165) is 12.1 Å². The van der Waals surface area contributed by atoms with Crippen molar-refractivity contribution in [3.63, 3.8) is 0 Å². The highest BCUT2D eigenvalue weighted by molar-refractivity contribution is 7.87. The van der Waals surface area contributed by atoms with Crippen LogP contribution in [0.2, 0.25) is 5.02 Å². The van der Waals surface area contributed by atoms with Gasteiger partial charge in [-0.15, -0.1) is 0 Å². The summed E-state index contributed by atoms with van der Waals surface area (Å²) >= 11 is 5.48. The quantitative estimate of drug-likeness (QED) is 0.500. The Balaban J connectivity index is 3.30. The first kappa shape index (κ1) is 13.2. The summed E-state index contributed by atoms with van der Waals surface area (Å²) in [4.78, 5) is 19.4. The molecule has 0 spiro atoms. The Morgan fingerprint density at radius 3 is 2.53 bits per heavy atom. The van der Waals surface area contributed by atoms with E-state index < -0.39 is 31.7 Å². The molecule has 0 unspecified atom stereocenters. The Morgan fingerprint density at radius 1 is 1.47 bits per heavy atom. The van der Waals surface area contributed by atoms with Crippen molar-refractivity contribution in [2.75, 3.05) is 0 Å². The van der Waals surface area contributed by atoms with Crippen LogP contribution in [0.4, 0.5) is 10.5 Å². The predicted molar refractivity (Wildman–Crippen MR) is 56.0 cm³/mol. The third-order valence-corrected chi connectivity index (χ3v) is 3.13. The van der Waals surface area contributed by atoms with Gasteiger partial charge in [-0.25, -0.2) is 4.79 Å². The fourth-order valence-electron chi connectivity index (χ4n) is 0.944. The molecule has 0 aliphatic heterocycles. The van der Waals surface area contributed by atoms with E-state index in [1.165, 1.54) is 0 Å². The molecule has 1 rings (SSSR count). The number of hydrogen-bond donors (Lipinski definition) is 1. The van der Waals surface area contributed by atoms with E-state index in [1.54, 1.807) is 0 Å². The van der Waals surface area contributed by atoms with Crippen molar-refractivity contribution in [1.29, 1.82) is 0 Å². The summed E-state index contributed by atoms with van der Waals surface area (Å²) in [5.41, 5.74) is 3.92. The smallest absolute Gasteiger partial charge is 0.334 e. The first-order valence-electron chi connectivity index (χ1n) is 3.92. The number of primary amides is 1. The molecular weight excluding hydrogens is 276 g/mol. The summed E-state index contributed by atoms with van der Waals surface area (Å²) in [5, 5.41) is 10.3. The highest BCUT2D eigenvalue weighted by Crippen LogP contribution is 2.27. The van der Waals surface area contributed by atoms with Crippen LogP contribution in [0.3, 0.4) is 0 Å². The average Bonchev–Trinajstić information content (AvgIpc) is 2.15. The number of rotatable bonds is 3. The third-order valence-electron chi connectivity index (χ3n) is 1.59. The summed E-state index contributed by atoms with van der Waals surface area (Å²) in [6, 6.07) is 2.62. The van der Waals surface area contributed by atoms with E-state index in [-0.39, 0.29) is 5.02 Å². The lowest BCUT2D eigenvalue weighted by molar-refractivity contribution is -0.384. The van der Waals surface area contributed by atoms with Crippen LogP contribution < -0.4 is 5.73 Å². The summed E-state index contributed by atoms with van der Waals surface area (Å²) in [5.74, 6) is 0. The topological polar surface area (TPSA) is 130 Å². The molecule has 0 aromatic heterocycles. The average molecular weight is 281 g/mol. The molecule has 17 heavy (non-hydrogen) atoms. The van der Waals surface area contributed by atoms with E-state index in [2.05, 4.69) is 9.92 Å². The first-order valence-corrected chi connectivity index (χ1v) is 5.70. The highest BCUT2D eigenvalue weighted by Gasteiger charge is 2.23. The number of nitrogens with two attached hydrogens (primary N) is 1. The minimum absolute atomic E-state index is 0.243. The first-order chi connectivity index (χ1) is 7.74. The van der Waals surface area contributed by atoms with Crippen LogP contribution in [0.25, 0.3) is 0 Å². The van der Waals surface area contributed by atoms with E-state index in [9.17, 15) is 23.3 Å². The Bertz CT molecular complexity index is 584. The number of halogens is 1. The maximum Gasteiger partial charge on any atom is 0.420 e. The lowest BCUT2D eigenvalue weighted by atomic mass is 10.3. The lowest BCUT2D eigenvalue weighted by Gasteiger charge is -2.03. The number of nitro benzene ring substituents is 1. The van der Waals surface area contributed by atoms with E-state index in [0.29, 0.717) is 6.07 Å². The monoisotopic (exact) mass is 280 g/mol. The molecule has 0 atom stereocenters. The van der Waals surface area contributed by atoms with Crippen molar-refractivity contribution in [3.05, 3.63) is 33.3 Å². The van der Waals surface area contributed by atoms with Gasteiger partial charge in [0, 0.05) is 6.07 Å². The van der Waals surface area contributed by atoms with E-state index in [4.69, 9.17) is 11.6 Å². The largest absolute Gasteiger partial charge is 0.420 e. The summed E-state index contributed by atoms with van der Waals surface area (Å²) < 4.78 is 26.5. The summed E-state index contributed by atoms with van der Waals surface area (Å²) in [7, 11) is -4.47. The SMILES string of the molecule is NC(=O)OS(=O)(=O)c1ccc(Cl)c([N+](=O)[O-])c1. The standard InChI is InChI=1S/C7H5ClN2O6S/c8-5-2-1-4(3-6(5)10(12)13)17(14,15)16-7(9)11/h1-3H,(H2,9,11). The van der Waals surface area contributed by atoms with E-state index in [1.807, 2.05) is 0 Å².